The first kappa shape index (κ1) is 24.5. The van der Waals surface area contributed by atoms with Crippen molar-refractivity contribution in [3.05, 3.63) is 41.5 Å². The Balaban J connectivity index is 1.16. The summed E-state index contributed by atoms with van der Waals surface area (Å²) >= 11 is 0. The molecule has 0 spiro atoms. The molecule has 0 radical (unpaired) electrons. The van der Waals surface area contributed by atoms with E-state index >= 15 is 0 Å². The number of ether oxygens (including phenoxy) is 5. The summed E-state index contributed by atoms with van der Waals surface area (Å²) < 4.78 is 27.5. The summed E-state index contributed by atoms with van der Waals surface area (Å²) in [5, 5.41) is 11.3. The molecule has 0 fully saturated rings. The lowest BCUT2D eigenvalue weighted by atomic mass is 9.89. The van der Waals surface area contributed by atoms with Crippen molar-refractivity contribution in [2.24, 2.45) is 0 Å². The number of methoxy groups -OCH3 is 2. The molecule has 1 aliphatic heterocycles. The fourth-order valence-corrected chi connectivity index (χ4v) is 4.82. The van der Waals surface area contributed by atoms with Crippen LogP contribution in [0.15, 0.2) is 30.3 Å². The highest BCUT2D eigenvalue weighted by Gasteiger charge is 2.30. The molecule has 1 N–H and O–H groups in total. The van der Waals surface area contributed by atoms with Crippen molar-refractivity contribution in [3.8, 4) is 28.7 Å². The number of rotatable bonds is 11. The number of hydrogen-bond acceptors (Lipinski definition) is 7. The summed E-state index contributed by atoms with van der Waals surface area (Å²) in [5.41, 5.74) is 1.89. The Morgan fingerprint density at radius 1 is 0.912 bits per heavy atom. The van der Waals surface area contributed by atoms with Crippen molar-refractivity contribution in [3.63, 3.8) is 0 Å². The zero-order chi connectivity index (χ0) is 24.0. The Hall–Kier alpha value is -2.64. The summed E-state index contributed by atoms with van der Waals surface area (Å²) in [5.74, 6) is 3.84. The third-order valence-corrected chi connectivity index (χ3v) is 6.90. The molecule has 1 aliphatic carbocycles. The van der Waals surface area contributed by atoms with E-state index in [1.807, 2.05) is 18.2 Å². The van der Waals surface area contributed by atoms with Crippen molar-refractivity contribution in [1.82, 2.24) is 4.90 Å². The molecule has 0 unspecified atom stereocenters. The fraction of sp³-hybridized carbons (Fsp3) is 0.556. The van der Waals surface area contributed by atoms with Crippen LogP contribution >= 0.6 is 0 Å². The van der Waals surface area contributed by atoms with E-state index in [2.05, 4.69) is 24.1 Å². The van der Waals surface area contributed by atoms with Crippen molar-refractivity contribution in [2.45, 2.75) is 50.5 Å². The van der Waals surface area contributed by atoms with Gasteiger partial charge >= 0.3 is 0 Å². The van der Waals surface area contributed by atoms with Gasteiger partial charge in [-0.15, -0.1) is 0 Å². The molecule has 2 aromatic carbocycles. The second-order valence-corrected chi connectivity index (χ2v) is 9.32. The van der Waals surface area contributed by atoms with E-state index in [9.17, 15) is 5.11 Å². The van der Waals surface area contributed by atoms with Gasteiger partial charge in [0.15, 0.2) is 23.0 Å². The highest BCUT2D eigenvalue weighted by molar-refractivity contribution is 5.48. The van der Waals surface area contributed by atoms with E-state index < -0.39 is 5.60 Å². The largest absolute Gasteiger partial charge is 0.493 e. The van der Waals surface area contributed by atoms with E-state index in [4.69, 9.17) is 23.7 Å². The van der Waals surface area contributed by atoms with E-state index in [1.54, 1.807) is 14.2 Å². The van der Waals surface area contributed by atoms with Gasteiger partial charge in [0.05, 0.1) is 26.4 Å². The van der Waals surface area contributed by atoms with E-state index in [-0.39, 0.29) is 6.79 Å². The number of hydrogen-bond donors (Lipinski definition) is 1. The molecule has 34 heavy (non-hydrogen) atoms. The van der Waals surface area contributed by atoms with Gasteiger partial charge in [0.1, 0.15) is 5.75 Å². The molecule has 0 saturated carbocycles. The number of nitrogens with zero attached hydrogens (tertiary/aromatic N) is 1. The minimum Gasteiger partial charge on any atom is -0.493 e. The van der Waals surface area contributed by atoms with Gasteiger partial charge < -0.3 is 33.7 Å². The summed E-state index contributed by atoms with van der Waals surface area (Å²) in [7, 11) is 5.46. The molecule has 1 heterocycles. The van der Waals surface area contributed by atoms with Crippen LogP contribution in [0.5, 0.6) is 28.7 Å². The predicted octanol–water partition coefficient (Wildman–Crippen LogP) is 4.22. The van der Waals surface area contributed by atoms with Crippen LogP contribution in [0.1, 0.15) is 43.2 Å². The van der Waals surface area contributed by atoms with Crippen LogP contribution in [0.4, 0.5) is 0 Å². The molecule has 0 aromatic heterocycles. The van der Waals surface area contributed by atoms with E-state index in [1.165, 1.54) is 11.1 Å². The average molecular weight is 472 g/mol. The minimum atomic E-state index is -0.622. The Morgan fingerprint density at radius 2 is 1.56 bits per heavy atom. The van der Waals surface area contributed by atoms with Gasteiger partial charge in [0.2, 0.25) is 6.79 Å². The summed E-state index contributed by atoms with van der Waals surface area (Å²) in [6.07, 6.45) is 6.00. The topological polar surface area (TPSA) is 69.6 Å². The molecule has 186 valence electrons. The van der Waals surface area contributed by atoms with Gasteiger partial charge in [-0.3, -0.25) is 0 Å². The number of aryl methyl sites for hydroxylation is 2. The maximum Gasteiger partial charge on any atom is 0.231 e. The molecule has 0 atom stereocenters. The maximum absolute atomic E-state index is 11.3. The molecule has 0 bridgehead atoms. The van der Waals surface area contributed by atoms with Crippen LogP contribution in [-0.4, -0.2) is 63.4 Å². The van der Waals surface area contributed by atoms with Crippen LogP contribution in [0.25, 0.3) is 0 Å². The lowest BCUT2D eigenvalue weighted by molar-refractivity contribution is 0.0134. The van der Waals surface area contributed by atoms with Gasteiger partial charge in [0.25, 0.3) is 0 Å². The monoisotopic (exact) mass is 471 g/mol. The SMILES string of the molecule is COc1cc2c(cc1OC)CCC(O)(CCCN(C)CCCOc1ccc3c(c1)OCO3)CC2. The van der Waals surface area contributed by atoms with Crippen LogP contribution in [0, 0.1) is 0 Å². The van der Waals surface area contributed by atoms with Gasteiger partial charge in [-0.05, 0) is 93.9 Å². The van der Waals surface area contributed by atoms with Crippen molar-refractivity contribution < 1.29 is 28.8 Å². The lowest BCUT2D eigenvalue weighted by Gasteiger charge is -2.27. The van der Waals surface area contributed by atoms with Gasteiger partial charge in [-0.25, -0.2) is 0 Å². The Kier molecular flexibility index (Phi) is 8.06. The van der Waals surface area contributed by atoms with Crippen molar-refractivity contribution in [2.75, 3.05) is 47.8 Å². The molecule has 0 amide bonds. The first-order chi connectivity index (χ1) is 16.5. The number of fused-ring (bicyclic) bond motifs is 2. The van der Waals surface area contributed by atoms with Gasteiger partial charge in [0, 0.05) is 12.6 Å². The van der Waals surface area contributed by atoms with Gasteiger partial charge in [-0.1, -0.05) is 0 Å². The van der Waals surface area contributed by atoms with Crippen LogP contribution in [0.2, 0.25) is 0 Å². The zero-order valence-electron chi connectivity index (χ0n) is 20.6. The minimum absolute atomic E-state index is 0.273. The molecular formula is C27H37NO6. The molecule has 0 saturated heterocycles. The van der Waals surface area contributed by atoms with E-state index in [0.29, 0.717) is 6.61 Å². The van der Waals surface area contributed by atoms with Crippen molar-refractivity contribution >= 4 is 0 Å². The summed E-state index contributed by atoms with van der Waals surface area (Å²) in [6, 6.07) is 9.81. The average Bonchev–Trinajstić information content (AvgIpc) is 3.25. The predicted molar refractivity (Wildman–Crippen MR) is 131 cm³/mol. The molecule has 7 nitrogen and oxygen atoms in total. The Bertz CT molecular complexity index is 927. The van der Waals surface area contributed by atoms with Gasteiger partial charge in [-0.2, -0.15) is 0 Å². The first-order valence-electron chi connectivity index (χ1n) is 12.2. The molecule has 4 rings (SSSR count). The number of benzene rings is 2. The Labute approximate surface area is 202 Å². The smallest absolute Gasteiger partial charge is 0.231 e. The fourth-order valence-electron chi connectivity index (χ4n) is 4.82. The second-order valence-electron chi connectivity index (χ2n) is 9.32. The Morgan fingerprint density at radius 3 is 2.24 bits per heavy atom. The van der Waals surface area contributed by atoms with Crippen LogP contribution in [0.3, 0.4) is 0 Å². The normalized spacial score (nSPS) is 16.1. The second kappa shape index (κ2) is 11.2. The quantitative estimate of drug-likeness (QED) is 0.389. The van der Waals surface area contributed by atoms with Crippen LogP contribution in [-0.2, 0) is 12.8 Å². The van der Waals surface area contributed by atoms with Crippen molar-refractivity contribution in [1.29, 1.82) is 0 Å². The zero-order valence-corrected chi connectivity index (χ0v) is 20.6. The maximum atomic E-state index is 11.3. The lowest BCUT2D eigenvalue weighted by Crippen LogP contribution is -2.31. The third-order valence-electron chi connectivity index (χ3n) is 6.90. The summed E-state index contributed by atoms with van der Waals surface area (Å²) in [4.78, 5) is 2.31. The summed E-state index contributed by atoms with van der Waals surface area (Å²) in [6.45, 7) is 2.84. The molecular weight excluding hydrogens is 434 g/mol. The number of aliphatic hydroxyl groups is 1. The molecule has 7 heteroatoms. The van der Waals surface area contributed by atoms with Crippen LogP contribution < -0.4 is 23.7 Å². The first-order valence-corrected chi connectivity index (χ1v) is 12.2. The molecule has 2 aliphatic rings. The molecule has 2 aromatic rings. The highest BCUT2D eigenvalue weighted by atomic mass is 16.7. The highest BCUT2D eigenvalue weighted by Crippen LogP contribution is 2.37. The standard InChI is InChI=1S/C27H37NO6/c1-28(14-5-15-32-22-6-7-23-26(18-22)34-19-33-23)13-4-10-27(29)11-8-20-16-24(30-2)25(31-3)17-21(20)9-12-27/h6-7,16-18,29H,4-5,8-15,19H2,1-3H3. The van der Waals surface area contributed by atoms with E-state index in [0.717, 1.165) is 86.8 Å². The third kappa shape index (κ3) is 6.07.